The molecule has 5 heteroatoms. The summed E-state index contributed by atoms with van der Waals surface area (Å²) in [6.07, 6.45) is 0. The minimum Gasteiger partial charge on any atom is -0.280 e. The normalized spacial score (nSPS) is 27.2. The van der Waals surface area contributed by atoms with E-state index >= 15 is 0 Å². The summed E-state index contributed by atoms with van der Waals surface area (Å²) >= 11 is 0. The number of hydrogen-bond donors (Lipinski definition) is 1. The number of carbonyl (C=O) groups excluding carboxylic acids is 1. The molecule has 1 heterocycles. The van der Waals surface area contributed by atoms with Crippen molar-refractivity contribution in [2.24, 2.45) is 0 Å². The molecule has 1 aliphatic heterocycles. The number of benzene rings is 1. The largest absolute Gasteiger partial charge is 0.280 e. The van der Waals surface area contributed by atoms with Gasteiger partial charge in [-0.1, -0.05) is 12.1 Å². The van der Waals surface area contributed by atoms with Gasteiger partial charge in [-0.15, -0.1) is 0 Å². The van der Waals surface area contributed by atoms with Gasteiger partial charge in [-0.05, 0) is 12.1 Å². The molecule has 1 unspecified atom stereocenters. The van der Waals surface area contributed by atoms with Gasteiger partial charge in [0, 0.05) is 16.4 Å². The van der Waals surface area contributed by atoms with E-state index in [1.54, 1.807) is 24.3 Å². The van der Waals surface area contributed by atoms with Crippen LogP contribution in [0.15, 0.2) is 29.2 Å². The summed E-state index contributed by atoms with van der Waals surface area (Å²) in [7, 11) is -2.28. The third kappa shape index (κ3) is 0.971. The average Bonchev–Trinajstić information content (AvgIpc) is 2.25. The van der Waals surface area contributed by atoms with Crippen molar-refractivity contribution in [3.05, 3.63) is 29.8 Å². The van der Waals surface area contributed by atoms with Gasteiger partial charge in [0.1, 0.15) is 8.76 Å². The maximum absolute atomic E-state index is 11.4. The second-order valence-corrected chi connectivity index (χ2v) is 6.26. The van der Waals surface area contributed by atoms with Crippen molar-refractivity contribution in [1.29, 1.82) is 4.78 Å². The highest BCUT2D eigenvalue weighted by Crippen LogP contribution is 2.37. The number of rotatable bonds is 0. The molecule has 0 fully saturated rings. The molecule has 3 nitrogen and oxygen atoms in total. The highest BCUT2D eigenvalue weighted by atomic mass is 33.1. The molecular weight excluding hydrogens is 194 g/mol. The molecule has 0 spiro atoms. The Labute approximate surface area is 73.5 Å². The first kappa shape index (κ1) is 7.82. The number of hydrogen-bond acceptors (Lipinski definition) is 4. The van der Waals surface area contributed by atoms with E-state index in [1.807, 2.05) is 0 Å². The Morgan fingerprint density at radius 2 is 2.00 bits per heavy atom. The summed E-state index contributed by atoms with van der Waals surface area (Å²) in [5, 5.41) is -0.259. The lowest BCUT2D eigenvalue weighted by atomic mass is 10.2. The smallest absolute Gasteiger partial charge is 0.234 e. The summed E-state index contributed by atoms with van der Waals surface area (Å²) in [6.45, 7) is 0. The molecule has 0 amide bonds. The molecule has 0 aromatic heterocycles. The van der Waals surface area contributed by atoms with Gasteiger partial charge in [0.25, 0.3) is 0 Å². The number of carbonyl (C=O) groups is 1. The first-order valence-corrected chi connectivity index (χ1v) is 6.12. The first-order valence-electron chi connectivity index (χ1n) is 3.23. The Hall–Kier alpha value is -0.810. The minimum atomic E-state index is -2.89. The van der Waals surface area contributed by atoms with Gasteiger partial charge >= 0.3 is 0 Å². The van der Waals surface area contributed by atoms with Crippen molar-refractivity contribution in [3.8, 4) is 0 Å². The van der Waals surface area contributed by atoms with Crippen LogP contribution in [-0.4, -0.2) is 9.32 Å². The highest BCUT2D eigenvalue weighted by Gasteiger charge is 2.30. The van der Waals surface area contributed by atoms with Gasteiger partial charge in [0.2, 0.25) is 5.12 Å². The summed E-state index contributed by atoms with van der Waals surface area (Å²) in [5.41, 5.74) is 0.419. The SMILES string of the molecule is N=S1(=O)SC(=O)c2ccccc21. The van der Waals surface area contributed by atoms with Crippen molar-refractivity contribution in [1.82, 2.24) is 0 Å². The topological polar surface area (TPSA) is 58.0 Å². The van der Waals surface area contributed by atoms with Crippen LogP contribution in [0.4, 0.5) is 0 Å². The third-order valence-corrected chi connectivity index (χ3v) is 4.83. The molecule has 0 saturated heterocycles. The van der Waals surface area contributed by atoms with E-state index in [2.05, 4.69) is 0 Å². The quantitative estimate of drug-likeness (QED) is 0.649. The number of fused-ring (bicyclic) bond motifs is 1. The lowest BCUT2D eigenvalue weighted by Crippen LogP contribution is -1.87. The highest BCUT2D eigenvalue weighted by molar-refractivity contribution is 8.79. The van der Waals surface area contributed by atoms with E-state index in [0.29, 0.717) is 21.3 Å². The Morgan fingerprint density at radius 3 is 2.67 bits per heavy atom. The lowest BCUT2D eigenvalue weighted by molar-refractivity contribution is 0.108. The van der Waals surface area contributed by atoms with E-state index in [4.69, 9.17) is 4.78 Å². The van der Waals surface area contributed by atoms with Gasteiger partial charge < -0.3 is 0 Å². The molecule has 1 aromatic carbocycles. The van der Waals surface area contributed by atoms with E-state index in [-0.39, 0.29) is 5.12 Å². The summed E-state index contributed by atoms with van der Waals surface area (Å²) in [6, 6.07) is 6.57. The zero-order chi connectivity index (χ0) is 8.77. The van der Waals surface area contributed by atoms with Crippen molar-refractivity contribution in [2.75, 3.05) is 0 Å². The van der Waals surface area contributed by atoms with Crippen molar-refractivity contribution in [2.45, 2.75) is 4.90 Å². The molecule has 1 aliphatic rings. The Kier molecular flexibility index (Phi) is 1.52. The minimum absolute atomic E-state index is 0.259. The van der Waals surface area contributed by atoms with E-state index < -0.39 is 8.76 Å². The lowest BCUT2D eigenvalue weighted by Gasteiger charge is -1.94. The molecule has 1 atom stereocenters. The zero-order valence-electron chi connectivity index (χ0n) is 5.94. The average molecular weight is 199 g/mol. The molecule has 0 radical (unpaired) electrons. The van der Waals surface area contributed by atoms with Crippen molar-refractivity contribution in [3.63, 3.8) is 0 Å². The monoisotopic (exact) mass is 199 g/mol. The maximum Gasteiger partial charge on any atom is 0.234 e. The van der Waals surface area contributed by atoms with Crippen LogP contribution in [0, 0.1) is 4.78 Å². The molecule has 0 aliphatic carbocycles. The molecule has 62 valence electrons. The van der Waals surface area contributed by atoms with Crippen LogP contribution in [0.2, 0.25) is 0 Å². The van der Waals surface area contributed by atoms with Gasteiger partial charge in [-0.25, -0.2) is 8.99 Å². The van der Waals surface area contributed by atoms with E-state index in [0.717, 1.165) is 0 Å². The van der Waals surface area contributed by atoms with Crippen LogP contribution in [0.1, 0.15) is 10.4 Å². The molecule has 12 heavy (non-hydrogen) atoms. The van der Waals surface area contributed by atoms with Crippen LogP contribution in [0.3, 0.4) is 0 Å². The standard InChI is InChI=1S/C7H5NO2S2/c8-12(10)6-4-2-1-3-5(6)7(9)11-12/h1-4,8H. The first-order chi connectivity index (χ1) is 5.61. The van der Waals surface area contributed by atoms with Crippen LogP contribution in [0.5, 0.6) is 0 Å². The van der Waals surface area contributed by atoms with Crippen molar-refractivity contribution >= 4 is 24.7 Å². The Balaban J connectivity index is 2.83. The predicted octanol–water partition coefficient (Wildman–Crippen LogP) is 1.89. The summed E-state index contributed by atoms with van der Waals surface area (Å²) in [5.74, 6) is 0. The van der Waals surface area contributed by atoms with Gasteiger partial charge in [-0.2, -0.15) is 0 Å². The third-order valence-electron chi connectivity index (χ3n) is 1.59. The second-order valence-electron chi connectivity index (χ2n) is 2.37. The molecular formula is C7H5NO2S2. The summed E-state index contributed by atoms with van der Waals surface area (Å²) < 4.78 is 18.8. The molecule has 2 rings (SSSR count). The predicted molar refractivity (Wildman–Crippen MR) is 47.5 cm³/mol. The van der Waals surface area contributed by atoms with Gasteiger partial charge in [-0.3, -0.25) is 4.79 Å². The number of nitrogens with one attached hydrogen (secondary N) is 1. The Bertz CT molecular complexity index is 450. The Morgan fingerprint density at radius 1 is 1.33 bits per heavy atom. The van der Waals surface area contributed by atoms with E-state index in [9.17, 15) is 9.00 Å². The zero-order valence-corrected chi connectivity index (χ0v) is 7.58. The molecule has 0 saturated carbocycles. The van der Waals surface area contributed by atoms with Crippen LogP contribution < -0.4 is 0 Å². The fourth-order valence-electron chi connectivity index (χ4n) is 1.07. The van der Waals surface area contributed by atoms with Gasteiger partial charge in [0.15, 0.2) is 0 Å². The fourth-order valence-corrected chi connectivity index (χ4v) is 4.02. The van der Waals surface area contributed by atoms with Crippen LogP contribution >= 0.6 is 10.8 Å². The van der Waals surface area contributed by atoms with Crippen LogP contribution in [-0.2, 0) is 8.76 Å². The molecule has 0 bridgehead atoms. The van der Waals surface area contributed by atoms with Crippen LogP contribution in [0.25, 0.3) is 0 Å². The van der Waals surface area contributed by atoms with E-state index in [1.165, 1.54) is 0 Å². The van der Waals surface area contributed by atoms with Gasteiger partial charge in [0.05, 0.1) is 4.90 Å². The summed E-state index contributed by atoms with van der Waals surface area (Å²) in [4.78, 5) is 11.5. The second kappa shape index (κ2) is 2.34. The molecule has 1 N–H and O–H groups in total. The fraction of sp³-hybridized carbons (Fsp3) is 0. The van der Waals surface area contributed by atoms with Crippen molar-refractivity contribution < 1.29 is 9.00 Å². The molecule has 1 aromatic rings. The maximum atomic E-state index is 11.4.